The molecule has 0 saturated heterocycles. The van der Waals surface area contributed by atoms with E-state index in [2.05, 4.69) is 10.2 Å². The van der Waals surface area contributed by atoms with Crippen molar-refractivity contribution in [3.05, 3.63) is 76.9 Å². The molecule has 0 spiro atoms. The Morgan fingerprint density at radius 1 is 1.24 bits per heavy atom. The van der Waals surface area contributed by atoms with Gasteiger partial charge in [-0.25, -0.2) is 0 Å². The number of rotatable bonds is 5. The van der Waals surface area contributed by atoms with Crippen LogP contribution in [0.4, 0.5) is 0 Å². The fraction of sp³-hybridized carbons (Fsp3) is 0.158. The molecule has 1 atom stereocenters. The van der Waals surface area contributed by atoms with Crippen LogP contribution in [0.3, 0.4) is 0 Å². The Morgan fingerprint density at radius 3 is 2.72 bits per heavy atom. The number of benzene rings is 2. The Hall–Kier alpha value is -2.63. The predicted molar refractivity (Wildman–Crippen MR) is 96.9 cm³/mol. The summed E-state index contributed by atoms with van der Waals surface area (Å²) in [6, 6.07) is 16.4. The molecule has 0 bridgehead atoms. The number of aromatic amines is 1. The van der Waals surface area contributed by atoms with Gasteiger partial charge in [0.1, 0.15) is 0 Å². The Balaban J connectivity index is 1.76. The van der Waals surface area contributed by atoms with Gasteiger partial charge in [-0.2, -0.15) is 5.10 Å². The quantitative estimate of drug-likeness (QED) is 0.736. The van der Waals surface area contributed by atoms with E-state index >= 15 is 0 Å². The first kappa shape index (κ1) is 17.2. The highest BCUT2D eigenvalue weighted by molar-refractivity contribution is 6.30. The minimum absolute atomic E-state index is 0.331. The maximum Gasteiger partial charge on any atom is 0.256 e. The number of nitrogens with zero attached hydrogens (tertiary/aromatic N) is 2. The number of carbonyl (C=O) groups excluding carboxylic acids is 1. The summed E-state index contributed by atoms with van der Waals surface area (Å²) in [4.78, 5) is 14.0. The van der Waals surface area contributed by atoms with Crippen LogP contribution in [0, 0.1) is 0 Å². The summed E-state index contributed by atoms with van der Waals surface area (Å²) in [5, 5.41) is 17.9. The zero-order valence-corrected chi connectivity index (χ0v) is 14.4. The van der Waals surface area contributed by atoms with E-state index < -0.39 is 12.0 Å². The largest absolute Gasteiger partial charge is 0.378 e. The molecule has 1 heterocycles. The van der Waals surface area contributed by atoms with Crippen LogP contribution < -0.4 is 0 Å². The molecule has 2 aromatic carbocycles. The van der Waals surface area contributed by atoms with Crippen LogP contribution in [0.25, 0.3) is 11.3 Å². The third-order valence-electron chi connectivity index (χ3n) is 3.96. The number of hydrogen-bond acceptors (Lipinski definition) is 3. The Labute approximate surface area is 150 Å². The van der Waals surface area contributed by atoms with E-state index in [0.29, 0.717) is 17.1 Å². The van der Waals surface area contributed by atoms with Crippen LogP contribution in [0.2, 0.25) is 5.02 Å². The molecule has 1 unspecified atom stereocenters. The first-order chi connectivity index (χ1) is 12.1. The lowest BCUT2D eigenvalue weighted by atomic mass is 10.1. The predicted octanol–water partition coefficient (Wildman–Crippen LogP) is 3.42. The zero-order valence-electron chi connectivity index (χ0n) is 13.7. The van der Waals surface area contributed by atoms with Crippen molar-refractivity contribution in [2.45, 2.75) is 12.6 Å². The highest BCUT2D eigenvalue weighted by Gasteiger charge is 2.22. The standard InChI is InChI=1S/C19H18ClN3O2/c1-23(19(25)18(24)14-8-5-9-16(20)10-14)12-15-11-21-22-17(15)13-6-3-2-4-7-13/h2-11,18,24H,12H2,1H3,(H,21,22). The van der Waals surface area contributed by atoms with Gasteiger partial charge in [-0.1, -0.05) is 54.1 Å². The van der Waals surface area contributed by atoms with Crippen molar-refractivity contribution in [1.29, 1.82) is 0 Å². The average Bonchev–Trinajstić information content (AvgIpc) is 3.09. The molecule has 2 N–H and O–H groups in total. The topological polar surface area (TPSA) is 69.2 Å². The second-order valence-corrected chi connectivity index (χ2v) is 6.22. The molecule has 128 valence electrons. The van der Waals surface area contributed by atoms with Gasteiger partial charge in [0.05, 0.1) is 11.9 Å². The molecular formula is C19H18ClN3O2. The van der Waals surface area contributed by atoms with E-state index in [0.717, 1.165) is 16.8 Å². The molecule has 0 fully saturated rings. The maximum absolute atomic E-state index is 12.5. The zero-order chi connectivity index (χ0) is 17.8. The lowest BCUT2D eigenvalue weighted by molar-refractivity contribution is -0.139. The third-order valence-corrected chi connectivity index (χ3v) is 4.20. The monoisotopic (exact) mass is 355 g/mol. The molecular weight excluding hydrogens is 338 g/mol. The van der Waals surface area contributed by atoms with Gasteiger partial charge in [-0.15, -0.1) is 0 Å². The Bertz CT molecular complexity index is 864. The van der Waals surface area contributed by atoms with Gasteiger partial charge in [0.25, 0.3) is 5.91 Å². The molecule has 3 rings (SSSR count). The van der Waals surface area contributed by atoms with Gasteiger partial charge in [0.15, 0.2) is 6.10 Å². The van der Waals surface area contributed by atoms with Crippen molar-refractivity contribution >= 4 is 17.5 Å². The first-order valence-electron chi connectivity index (χ1n) is 7.82. The fourth-order valence-electron chi connectivity index (χ4n) is 2.65. The number of likely N-dealkylation sites (N-methyl/N-ethyl adjacent to an activating group) is 1. The summed E-state index contributed by atoms with van der Waals surface area (Å²) in [6.45, 7) is 0.331. The Kier molecular flexibility index (Phi) is 5.16. The van der Waals surface area contributed by atoms with Crippen LogP contribution in [0.15, 0.2) is 60.8 Å². The minimum Gasteiger partial charge on any atom is -0.378 e. The molecule has 1 aromatic heterocycles. The van der Waals surface area contributed by atoms with E-state index in [4.69, 9.17) is 11.6 Å². The smallest absolute Gasteiger partial charge is 0.256 e. The van der Waals surface area contributed by atoms with Crippen molar-refractivity contribution in [3.63, 3.8) is 0 Å². The normalized spacial score (nSPS) is 12.0. The SMILES string of the molecule is CN(Cc1cn[nH]c1-c1ccccc1)C(=O)C(O)c1cccc(Cl)c1. The van der Waals surface area contributed by atoms with Crippen LogP contribution >= 0.6 is 11.6 Å². The highest BCUT2D eigenvalue weighted by atomic mass is 35.5. The number of aliphatic hydroxyl groups excluding tert-OH is 1. The molecule has 1 amide bonds. The van der Waals surface area contributed by atoms with Crippen LogP contribution in [-0.2, 0) is 11.3 Å². The van der Waals surface area contributed by atoms with E-state index in [1.54, 1.807) is 37.5 Å². The van der Waals surface area contributed by atoms with Gasteiger partial charge >= 0.3 is 0 Å². The summed E-state index contributed by atoms with van der Waals surface area (Å²) in [5.41, 5.74) is 3.20. The maximum atomic E-state index is 12.5. The molecule has 3 aromatic rings. The van der Waals surface area contributed by atoms with E-state index in [-0.39, 0.29) is 0 Å². The van der Waals surface area contributed by atoms with Gasteiger partial charge in [-0.05, 0) is 23.3 Å². The molecule has 5 nitrogen and oxygen atoms in total. The number of amides is 1. The van der Waals surface area contributed by atoms with Gasteiger partial charge in [-0.3, -0.25) is 9.89 Å². The van der Waals surface area contributed by atoms with Gasteiger partial charge < -0.3 is 10.0 Å². The number of nitrogens with one attached hydrogen (secondary N) is 1. The van der Waals surface area contributed by atoms with E-state index in [1.165, 1.54) is 4.90 Å². The molecule has 6 heteroatoms. The van der Waals surface area contributed by atoms with Crippen LogP contribution in [-0.4, -0.2) is 33.2 Å². The summed E-state index contributed by atoms with van der Waals surface area (Å²) < 4.78 is 0. The minimum atomic E-state index is -1.25. The summed E-state index contributed by atoms with van der Waals surface area (Å²) in [6.07, 6.45) is 0.438. The van der Waals surface area contributed by atoms with Crippen molar-refractivity contribution < 1.29 is 9.90 Å². The fourth-order valence-corrected chi connectivity index (χ4v) is 2.85. The number of carbonyl (C=O) groups is 1. The lowest BCUT2D eigenvalue weighted by Gasteiger charge is -2.21. The molecule has 25 heavy (non-hydrogen) atoms. The third kappa shape index (κ3) is 3.90. The average molecular weight is 356 g/mol. The molecule has 0 saturated carbocycles. The number of aromatic nitrogens is 2. The van der Waals surface area contributed by atoms with Gasteiger partial charge in [0.2, 0.25) is 0 Å². The van der Waals surface area contributed by atoms with Crippen LogP contribution in [0.1, 0.15) is 17.2 Å². The van der Waals surface area contributed by atoms with E-state index in [1.807, 2.05) is 30.3 Å². The molecule has 0 aliphatic heterocycles. The number of aliphatic hydroxyl groups is 1. The number of hydrogen-bond donors (Lipinski definition) is 2. The number of H-pyrrole nitrogens is 1. The lowest BCUT2D eigenvalue weighted by Crippen LogP contribution is -2.31. The van der Waals surface area contributed by atoms with Crippen molar-refractivity contribution in [2.24, 2.45) is 0 Å². The second kappa shape index (κ2) is 7.51. The van der Waals surface area contributed by atoms with E-state index in [9.17, 15) is 9.90 Å². The van der Waals surface area contributed by atoms with Crippen LogP contribution in [0.5, 0.6) is 0 Å². The summed E-state index contributed by atoms with van der Waals surface area (Å²) in [7, 11) is 1.65. The highest BCUT2D eigenvalue weighted by Crippen LogP contribution is 2.24. The number of halogens is 1. The summed E-state index contributed by atoms with van der Waals surface area (Å²) in [5.74, 6) is -0.400. The first-order valence-corrected chi connectivity index (χ1v) is 8.20. The molecule has 0 radical (unpaired) electrons. The van der Waals surface area contributed by atoms with Crippen molar-refractivity contribution in [3.8, 4) is 11.3 Å². The van der Waals surface area contributed by atoms with Crippen molar-refractivity contribution in [2.75, 3.05) is 7.05 Å². The Morgan fingerprint density at radius 2 is 2.00 bits per heavy atom. The molecule has 0 aliphatic carbocycles. The molecule has 0 aliphatic rings. The van der Waals surface area contributed by atoms with Crippen molar-refractivity contribution in [1.82, 2.24) is 15.1 Å². The summed E-state index contributed by atoms with van der Waals surface area (Å²) >= 11 is 5.93. The second-order valence-electron chi connectivity index (χ2n) is 5.79. The van der Waals surface area contributed by atoms with Gasteiger partial charge in [0, 0.05) is 24.2 Å².